The molecule has 0 saturated heterocycles. The Hall–Kier alpha value is -2.24. The fourth-order valence-electron chi connectivity index (χ4n) is 2.19. The zero-order chi connectivity index (χ0) is 15.6. The zero-order valence-corrected chi connectivity index (χ0v) is 13.0. The second-order valence-electron chi connectivity index (χ2n) is 5.17. The normalized spacial score (nSPS) is 11.7. The number of rotatable bonds is 4. The molecular weight excluding hydrogens is 296 g/mol. The van der Waals surface area contributed by atoms with Gasteiger partial charge in [0.05, 0.1) is 10.4 Å². The van der Waals surface area contributed by atoms with Crippen LogP contribution < -0.4 is 4.72 Å². The molecule has 22 heavy (non-hydrogen) atoms. The van der Waals surface area contributed by atoms with Crippen molar-refractivity contribution in [3.63, 3.8) is 0 Å². The highest BCUT2D eigenvalue weighted by Crippen LogP contribution is 2.14. The molecule has 112 valence electrons. The van der Waals surface area contributed by atoms with Gasteiger partial charge in [0.15, 0.2) is 0 Å². The van der Waals surface area contributed by atoms with Crippen molar-refractivity contribution < 1.29 is 8.42 Å². The maximum Gasteiger partial charge on any atom is 0.240 e. The van der Waals surface area contributed by atoms with E-state index in [1.165, 1.54) is 0 Å². The van der Waals surface area contributed by atoms with Crippen LogP contribution in [0.2, 0.25) is 0 Å². The number of sulfonamides is 1. The van der Waals surface area contributed by atoms with E-state index in [1.807, 2.05) is 37.3 Å². The predicted molar refractivity (Wildman–Crippen MR) is 86.9 cm³/mol. The summed E-state index contributed by atoms with van der Waals surface area (Å²) in [5.74, 6) is 0. The third-order valence-electron chi connectivity index (χ3n) is 3.44. The van der Waals surface area contributed by atoms with Crippen molar-refractivity contribution in [2.75, 3.05) is 0 Å². The summed E-state index contributed by atoms with van der Waals surface area (Å²) in [6, 6.07) is 16.5. The first-order valence-electron chi connectivity index (χ1n) is 6.95. The molecule has 2 aromatic carbocycles. The first-order valence-corrected chi connectivity index (χ1v) is 8.43. The smallest absolute Gasteiger partial charge is 0.240 e. The molecule has 3 rings (SSSR count). The molecule has 0 radical (unpaired) electrons. The van der Waals surface area contributed by atoms with Crippen LogP contribution in [-0.2, 0) is 16.6 Å². The average Bonchev–Trinajstić information content (AvgIpc) is 2.53. The van der Waals surface area contributed by atoms with Crippen molar-refractivity contribution in [2.24, 2.45) is 0 Å². The van der Waals surface area contributed by atoms with Gasteiger partial charge in [-0.15, -0.1) is 0 Å². The number of benzene rings is 2. The molecule has 0 aliphatic rings. The minimum Gasteiger partial charge on any atom is -0.256 e. The molecule has 1 aromatic heterocycles. The van der Waals surface area contributed by atoms with Gasteiger partial charge in [0.25, 0.3) is 0 Å². The molecule has 1 heterocycles. The lowest BCUT2D eigenvalue weighted by molar-refractivity contribution is 0.581. The number of fused-ring (bicyclic) bond motifs is 1. The second-order valence-corrected chi connectivity index (χ2v) is 6.94. The molecule has 3 aromatic rings. The molecule has 4 nitrogen and oxygen atoms in total. The fraction of sp³-hybridized carbons (Fsp3) is 0.118. The van der Waals surface area contributed by atoms with Crippen molar-refractivity contribution in [2.45, 2.75) is 18.4 Å². The highest BCUT2D eigenvalue weighted by molar-refractivity contribution is 7.89. The number of hydrogen-bond donors (Lipinski definition) is 1. The van der Waals surface area contributed by atoms with E-state index < -0.39 is 10.0 Å². The summed E-state index contributed by atoms with van der Waals surface area (Å²) in [6.07, 6.45) is 1.69. The Morgan fingerprint density at radius 2 is 1.77 bits per heavy atom. The Morgan fingerprint density at radius 1 is 1.05 bits per heavy atom. The van der Waals surface area contributed by atoms with E-state index in [4.69, 9.17) is 0 Å². The molecule has 0 atom stereocenters. The van der Waals surface area contributed by atoms with E-state index in [-0.39, 0.29) is 11.4 Å². The molecule has 0 aliphatic carbocycles. The molecule has 1 N–H and O–H groups in total. The lowest BCUT2D eigenvalue weighted by Crippen LogP contribution is -2.23. The van der Waals surface area contributed by atoms with Crippen molar-refractivity contribution >= 4 is 20.9 Å². The van der Waals surface area contributed by atoms with Gasteiger partial charge in [-0.05, 0) is 36.8 Å². The van der Waals surface area contributed by atoms with Gasteiger partial charge in [-0.2, -0.15) is 0 Å². The molecule has 5 heteroatoms. The van der Waals surface area contributed by atoms with E-state index >= 15 is 0 Å². The minimum atomic E-state index is -3.51. The Balaban J connectivity index is 1.79. The highest BCUT2D eigenvalue weighted by atomic mass is 32.2. The van der Waals surface area contributed by atoms with Gasteiger partial charge in [0.2, 0.25) is 10.0 Å². The fourth-order valence-corrected chi connectivity index (χ4v) is 3.21. The van der Waals surface area contributed by atoms with Gasteiger partial charge in [-0.3, -0.25) is 4.98 Å². The van der Waals surface area contributed by atoms with E-state index in [2.05, 4.69) is 9.71 Å². The average molecular weight is 312 g/mol. The summed E-state index contributed by atoms with van der Waals surface area (Å²) < 4.78 is 27.1. The van der Waals surface area contributed by atoms with Gasteiger partial charge in [0.1, 0.15) is 0 Å². The summed E-state index contributed by atoms with van der Waals surface area (Å²) in [6.45, 7) is 2.14. The summed E-state index contributed by atoms with van der Waals surface area (Å²) in [7, 11) is -3.51. The summed E-state index contributed by atoms with van der Waals surface area (Å²) in [5.41, 5.74) is 2.75. The molecular formula is C17H16N2O2S. The van der Waals surface area contributed by atoms with Crippen molar-refractivity contribution in [1.29, 1.82) is 0 Å². The van der Waals surface area contributed by atoms with Crippen molar-refractivity contribution in [3.05, 3.63) is 71.9 Å². The Morgan fingerprint density at radius 3 is 2.55 bits per heavy atom. The van der Waals surface area contributed by atoms with Crippen molar-refractivity contribution in [3.8, 4) is 0 Å². The standard InChI is InChI=1S/C17H16N2O2S/c1-13-6-8-16(9-7-13)22(20,21)19-12-14-10-15-4-2-3-5-17(15)18-11-14/h2-11,19H,12H2,1H3. The Kier molecular flexibility index (Phi) is 3.92. The van der Waals surface area contributed by atoms with Crippen LogP contribution in [0.3, 0.4) is 0 Å². The van der Waals surface area contributed by atoms with Crippen molar-refractivity contribution in [1.82, 2.24) is 9.71 Å². The number of aryl methyl sites for hydroxylation is 1. The van der Waals surface area contributed by atoms with Gasteiger partial charge in [-0.25, -0.2) is 13.1 Å². The summed E-state index contributed by atoms with van der Waals surface area (Å²) in [4.78, 5) is 4.60. The minimum absolute atomic E-state index is 0.216. The summed E-state index contributed by atoms with van der Waals surface area (Å²) >= 11 is 0. The lowest BCUT2D eigenvalue weighted by Gasteiger charge is -2.08. The molecule has 0 fully saturated rings. The van der Waals surface area contributed by atoms with Gasteiger partial charge in [-0.1, -0.05) is 35.9 Å². The zero-order valence-electron chi connectivity index (χ0n) is 12.2. The molecule has 0 saturated carbocycles. The van der Waals surface area contributed by atoms with Gasteiger partial charge >= 0.3 is 0 Å². The van der Waals surface area contributed by atoms with E-state index in [0.717, 1.165) is 22.0 Å². The third kappa shape index (κ3) is 3.16. The maximum atomic E-state index is 12.2. The first kappa shape index (κ1) is 14.7. The SMILES string of the molecule is Cc1ccc(S(=O)(=O)NCc2cnc3ccccc3c2)cc1. The van der Waals surface area contributed by atoms with Crippen LogP contribution >= 0.6 is 0 Å². The van der Waals surface area contributed by atoms with Crippen LogP contribution in [0.4, 0.5) is 0 Å². The molecule has 0 bridgehead atoms. The van der Waals surface area contributed by atoms with E-state index in [1.54, 1.807) is 30.5 Å². The monoisotopic (exact) mass is 312 g/mol. The quantitative estimate of drug-likeness (QED) is 0.805. The topological polar surface area (TPSA) is 59.1 Å². The largest absolute Gasteiger partial charge is 0.256 e. The first-order chi connectivity index (χ1) is 10.5. The Labute approximate surface area is 129 Å². The molecule has 0 spiro atoms. The number of pyridine rings is 1. The predicted octanol–water partition coefficient (Wildman–Crippen LogP) is 3.02. The van der Waals surface area contributed by atoms with Crippen LogP contribution in [0.15, 0.2) is 65.7 Å². The van der Waals surface area contributed by atoms with Crippen LogP contribution in [0, 0.1) is 6.92 Å². The van der Waals surface area contributed by atoms with Gasteiger partial charge < -0.3 is 0 Å². The molecule has 0 unspecified atom stereocenters. The van der Waals surface area contributed by atoms with Crippen LogP contribution in [0.5, 0.6) is 0 Å². The molecule has 0 aliphatic heterocycles. The third-order valence-corrected chi connectivity index (χ3v) is 4.86. The van der Waals surface area contributed by atoms with E-state index in [0.29, 0.717) is 0 Å². The van der Waals surface area contributed by atoms with Crippen LogP contribution in [0.1, 0.15) is 11.1 Å². The Bertz CT molecular complexity index is 903. The molecule has 0 amide bonds. The number of hydrogen-bond acceptors (Lipinski definition) is 3. The highest BCUT2D eigenvalue weighted by Gasteiger charge is 2.13. The lowest BCUT2D eigenvalue weighted by atomic mass is 10.2. The second kappa shape index (κ2) is 5.87. The number of nitrogens with one attached hydrogen (secondary N) is 1. The van der Waals surface area contributed by atoms with Gasteiger partial charge in [0, 0.05) is 18.1 Å². The van der Waals surface area contributed by atoms with Crippen LogP contribution in [-0.4, -0.2) is 13.4 Å². The van der Waals surface area contributed by atoms with E-state index in [9.17, 15) is 8.42 Å². The number of para-hydroxylation sites is 1. The maximum absolute atomic E-state index is 12.2. The summed E-state index contributed by atoms with van der Waals surface area (Å²) in [5, 5.41) is 0.995. The van der Waals surface area contributed by atoms with Crippen LogP contribution in [0.25, 0.3) is 10.9 Å². The number of aromatic nitrogens is 1. The number of nitrogens with zero attached hydrogens (tertiary/aromatic N) is 1.